The molecule has 8 nitrogen and oxygen atoms in total. The third-order valence-corrected chi connectivity index (χ3v) is 5.23. The van der Waals surface area contributed by atoms with Crippen LogP contribution in [0, 0.1) is 0 Å². The van der Waals surface area contributed by atoms with Crippen LogP contribution in [0.2, 0.25) is 0 Å². The van der Waals surface area contributed by atoms with Crippen LogP contribution in [0.5, 0.6) is 5.75 Å². The van der Waals surface area contributed by atoms with Gasteiger partial charge in [-0.2, -0.15) is 0 Å². The molecule has 0 fully saturated rings. The van der Waals surface area contributed by atoms with Crippen molar-refractivity contribution in [2.45, 2.75) is 13.0 Å². The summed E-state index contributed by atoms with van der Waals surface area (Å²) in [7, 11) is -1.09. The number of amides is 1. The molecule has 0 radical (unpaired) electrons. The van der Waals surface area contributed by atoms with E-state index in [4.69, 9.17) is 9.47 Å². The predicted octanol–water partition coefficient (Wildman–Crippen LogP) is 2.28. The van der Waals surface area contributed by atoms with Crippen LogP contribution in [0.15, 0.2) is 48.5 Å². The van der Waals surface area contributed by atoms with Gasteiger partial charge in [0.25, 0.3) is 0 Å². The molecule has 0 bridgehead atoms. The van der Waals surface area contributed by atoms with Crippen molar-refractivity contribution in [3.8, 4) is 5.75 Å². The van der Waals surface area contributed by atoms with Crippen molar-refractivity contribution in [3.05, 3.63) is 54.1 Å². The van der Waals surface area contributed by atoms with Crippen molar-refractivity contribution in [1.29, 1.82) is 0 Å². The SMILES string of the molecule is COC(=O)c1ccccc1NC(=O)C(C)N(c1cccc(OC)c1)S(C)(=O)=O. The number of ether oxygens (including phenoxy) is 2. The van der Waals surface area contributed by atoms with Gasteiger partial charge in [-0.25, -0.2) is 13.2 Å². The molecule has 1 N–H and O–H groups in total. The maximum atomic E-state index is 12.8. The van der Waals surface area contributed by atoms with Gasteiger partial charge in [0.05, 0.1) is 37.4 Å². The van der Waals surface area contributed by atoms with E-state index in [0.29, 0.717) is 5.75 Å². The highest BCUT2D eigenvalue weighted by Gasteiger charge is 2.30. The molecule has 0 heterocycles. The molecule has 0 aromatic heterocycles. The smallest absolute Gasteiger partial charge is 0.339 e. The van der Waals surface area contributed by atoms with Gasteiger partial charge in [0.1, 0.15) is 11.8 Å². The predicted molar refractivity (Wildman–Crippen MR) is 106 cm³/mol. The molecule has 9 heteroatoms. The molecule has 0 aliphatic heterocycles. The summed E-state index contributed by atoms with van der Waals surface area (Å²) >= 11 is 0. The average Bonchev–Trinajstić information content (AvgIpc) is 2.66. The van der Waals surface area contributed by atoms with Crippen LogP contribution in [-0.4, -0.2) is 46.8 Å². The van der Waals surface area contributed by atoms with E-state index < -0.39 is 27.9 Å². The Morgan fingerprint density at radius 3 is 2.36 bits per heavy atom. The monoisotopic (exact) mass is 406 g/mol. The van der Waals surface area contributed by atoms with Gasteiger partial charge in [-0.15, -0.1) is 0 Å². The highest BCUT2D eigenvalue weighted by atomic mass is 32.2. The Morgan fingerprint density at radius 2 is 1.75 bits per heavy atom. The van der Waals surface area contributed by atoms with Crippen LogP contribution in [-0.2, 0) is 19.6 Å². The zero-order valence-corrected chi connectivity index (χ0v) is 16.8. The second-order valence-electron chi connectivity index (χ2n) is 5.96. The number of benzene rings is 2. The van der Waals surface area contributed by atoms with Gasteiger partial charge < -0.3 is 14.8 Å². The quantitative estimate of drug-likeness (QED) is 0.708. The van der Waals surface area contributed by atoms with Gasteiger partial charge >= 0.3 is 5.97 Å². The van der Waals surface area contributed by atoms with E-state index in [1.165, 1.54) is 39.3 Å². The standard InChI is InChI=1S/C19H22N2O6S/c1-13(18(22)20-17-11-6-5-10-16(17)19(23)27-3)21(28(4,24)25)14-8-7-9-15(12-14)26-2/h5-13H,1-4H3,(H,20,22). The number of hydrogen-bond acceptors (Lipinski definition) is 6. The van der Waals surface area contributed by atoms with Crippen LogP contribution in [0.25, 0.3) is 0 Å². The molecule has 1 amide bonds. The van der Waals surface area contributed by atoms with Crippen molar-refractivity contribution in [1.82, 2.24) is 0 Å². The average molecular weight is 406 g/mol. The number of carbonyl (C=O) groups is 2. The van der Waals surface area contributed by atoms with Crippen LogP contribution in [0.1, 0.15) is 17.3 Å². The molecule has 2 aromatic carbocycles. The first kappa shape index (κ1) is 21.2. The van der Waals surface area contributed by atoms with E-state index in [2.05, 4.69) is 5.32 Å². The number of rotatable bonds is 7. The molecule has 0 spiro atoms. The summed E-state index contributed by atoms with van der Waals surface area (Å²) in [6.45, 7) is 1.45. The summed E-state index contributed by atoms with van der Waals surface area (Å²) in [6.07, 6.45) is 1.01. The Hall–Kier alpha value is -3.07. The minimum Gasteiger partial charge on any atom is -0.497 e. The molecule has 2 rings (SSSR count). The molecular formula is C19H22N2O6S. The highest BCUT2D eigenvalue weighted by molar-refractivity contribution is 7.92. The second-order valence-corrected chi connectivity index (χ2v) is 7.82. The molecule has 1 atom stereocenters. The van der Waals surface area contributed by atoms with Crippen LogP contribution < -0.4 is 14.4 Å². The van der Waals surface area contributed by atoms with Crippen molar-refractivity contribution in [2.75, 3.05) is 30.1 Å². The van der Waals surface area contributed by atoms with E-state index in [-0.39, 0.29) is 16.9 Å². The normalized spacial score (nSPS) is 12.0. The number of sulfonamides is 1. The molecule has 0 saturated carbocycles. The molecule has 1 unspecified atom stereocenters. The van der Waals surface area contributed by atoms with Crippen LogP contribution in [0.3, 0.4) is 0 Å². The molecule has 0 saturated heterocycles. The van der Waals surface area contributed by atoms with E-state index in [1.54, 1.807) is 30.3 Å². The lowest BCUT2D eigenvalue weighted by molar-refractivity contribution is -0.116. The maximum Gasteiger partial charge on any atom is 0.339 e. The maximum absolute atomic E-state index is 12.8. The number of nitrogens with one attached hydrogen (secondary N) is 1. The first-order valence-electron chi connectivity index (χ1n) is 8.30. The zero-order valence-electron chi connectivity index (χ0n) is 16.0. The topological polar surface area (TPSA) is 102 Å². The Kier molecular flexibility index (Phi) is 6.63. The third-order valence-electron chi connectivity index (χ3n) is 3.99. The van der Waals surface area contributed by atoms with Gasteiger partial charge in [-0.1, -0.05) is 18.2 Å². The number of esters is 1. The Balaban J connectivity index is 2.37. The highest BCUT2D eigenvalue weighted by Crippen LogP contribution is 2.26. The minimum atomic E-state index is -3.79. The summed E-state index contributed by atoms with van der Waals surface area (Å²) in [5, 5.41) is 2.60. The Morgan fingerprint density at radius 1 is 1.07 bits per heavy atom. The van der Waals surface area contributed by atoms with Gasteiger partial charge in [-0.3, -0.25) is 9.10 Å². The van der Waals surface area contributed by atoms with E-state index in [9.17, 15) is 18.0 Å². The number of anilines is 2. The van der Waals surface area contributed by atoms with Crippen molar-refractivity contribution >= 4 is 33.3 Å². The molecule has 0 aliphatic rings. The van der Waals surface area contributed by atoms with Gasteiger partial charge in [0.2, 0.25) is 15.9 Å². The number of hydrogen-bond donors (Lipinski definition) is 1. The molecule has 0 aliphatic carbocycles. The molecule has 2 aromatic rings. The zero-order chi connectivity index (χ0) is 20.9. The van der Waals surface area contributed by atoms with Crippen molar-refractivity contribution in [3.63, 3.8) is 0 Å². The lowest BCUT2D eigenvalue weighted by atomic mass is 10.1. The summed E-state index contributed by atoms with van der Waals surface area (Å²) in [4.78, 5) is 24.7. The van der Waals surface area contributed by atoms with Gasteiger partial charge in [0.15, 0.2) is 0 Å². The fraction of sp³-hybridized carbons (Fsp3) is 0.263. The third kappa shape index (κ3) is 4.80. The second kappa shape index (κ2) is 8.75. The molecular weight excluding hydrogens is 384 g/mol. The van der Waals surface area contributed by atoms with Crippen LogP contribution in [0.4, 0.5) is 11.4 Å². The summed E-state index contributed by atoms with van der Waals surface area (Å²) < 4.78 is 35.6. The molecule has 28 heavy (non-hydrogen) atoms. The first-order chi connectivity index (χ1) is 13.2. The van der Waals surface area contributed by atoms with Crippen LogP contribution >= 0.6 is 0 Å². The number of nitrogens with zero attached hydrogens (tertiary/aromatic N) is 1. The fourth-order valence-electron chi connectivity index (χ4n) is 2.67. The largest absolute Gasteiger partial charge is 0.497 e. The van der Waals surface area contributed by atoms with Crippen molar-refractivity contribution < 1.29 is 27.5 Å². The lowest BCUT2D eigenvalue weighted by Crippen LogP contribution is -2.45. The van der Waals surface area contributed by atoms with Crippen molar-refractivity contribution in [2.24, 2.45) is 0 Å². The number of methoxy groups -OCH3 is 2. The van der Waals surface area contributed by atoms with E-state index >= 15 is 0 Å². The van der Waals surface area contributed by atoms with Gasteiger partial charge in [0, 0.05) is 6.07 Å². The summed E-state index contributed by atoms with van der Waals surface area (Å²) in [5.74, 6) is -0.768. The Bertz CT molecular complexity index is 974. The molecule has 150 valence electrons. The minimum absolute atomic E-state index is 0.165. The van der Waals surface area contributed by atoms with E-state index in [1.807, 2.05) is 0 Å². The first-order valence-corrected chi connectivity index (χ1v) is 10.2. The van der Waals surface area contributed by atoms with E-state index in [0.717, 1.165) is 10.6 Å². The summed E-state index contributed by atoms with van der Waals surface area (Å²) in [6, 6.07) is 11.6. The lowest BCUT2D eigenvalue weighted by Gasteiger charge is -2.28. The Labute approximate surface area is 164 Å². The number of carbonyl (C=O) groups excluding carboxylic acids is 2. The van der Waals surface area contributed by atoms with Gasteiger partial charge in [-0.05, 0) is 31.2 Å². The fourth-order valence-corrected chi connectivity index (χ4v) is 3.84. The summed E-state index contributed by atoms with van der Waals surface area (Å²) in [5.41, 5.74) is 0.675. The number of para-hydroxylation sites is 1.